The van der Waals surface area contributed by atoms with Crippen molar-refractivity contribution in [3.05, 3.63) is 29.5 Å². The number of anilines is 1. The lowest BCUT2D eigenvalue weighted by molar-refractivity contribution is 0.251. The van der Waals surface area contributed by atoms with Crippen LogP contribution in [0.4, 0.5) is 10.7 Å². The van der Waals surface area contributed by atoms with Gasteiger partial charge >= 0.3 is 6.03 Å². The lowest BCUT2D eigenvalue weighted by Crippen LogP contribution is -2.30. The zero-order valence-electron chi connectivity index (χ0n) is 12.1. The third kappa shape index (κ3) is 3.42. The van der Waals surface area contributed by atoms with Crippen LogP contribution in [0.5, 0.6) is 0 Å². The van der Waals surface area contributed by atoms with Gasteiger partial charge in [-0.3, -0.25) is 5.32 Å². The monoisotopic (exact) mass is 289 g/mol. The second-order valence-electron chi connectivity index (χ2n) is 5.26. The van der Waals surface area contributed by atoms with E-state index in [0.29, 0.717) is 12.4 Å². The van der Waals surface area contributed by atoms with Crippen LogP contribution >= 0.6 is 0 Å². The van der Waals surface area contributed by atoms with Crippen molar-refractivity contribution < 1.29 is 9.32 Å². The van der Waals surface area contributed by atoms with Gasteiger partial charge in [0.2, 0.25) is 5.88 Å². The van der Waals surface area contributed by atoms with E-state index in [1.807, 2.05) is 0 Å². The molecule has 7 heteroatoms. The second kappa shape index (κ2) is 5.99. The molecule has 0 atom stereocenters. The Bertz CT molecular complexity index is 608. The fourth-order valence-corrected chi connectivity index (χ4v) is 2.47. The molecule has 7 nitrogen and oxygen atoms in total. The highest BCUT2D eigenvalue weighted by molar-refractivity contribution is 5.87. The van der Waals surface area contributed by atoms with Gasteiger partial charge in [0, 0.05) is 38.2 Å². The zero-order valence-corrected chi connectivity index (χ0v) is 12.1. The van der Waals surface area contributed by atoms with E-state index in [2.05, 4.69) is 31.5 Å². The molecule has 2 N–H and O–H groups in total. The Morgan fingerprint density at radius 2 is 2.38 bits per heavy atom. The van der Waals surface area contributed by atoms with Gasteiger partial charge in [0.25, 0.3) is 0 Å². The normalized spacial score (nSPS) is 13.8. The number of imidazole rings is 1. The molecule has 0 bridgehead atoms. The summed E-state index contributed by atoms with van der Waals surface area (Å²) in [6, 6.07) is 1.37. The summed E-state index contributed by atoms with van der Waals surface area (Å²) in [7, 11) is 0. The maximum atomic E-state index is 11.7. The standard InChI is InChI=1S/C14H19N5O2/c1-10-8-13(21-18-10)17-14(20)15-6-5-11-9-19-7-3-2-4-12(19)16-11/h8-9H,2-7H2,1H3,(H2,15,17,20). The number of carbonyl (C=O) groups excluding carboxylic acids is 1. The molecule has 3 rings (SSSR count). The van der Waals surface area contributed by atoms with Crippen LogP contribution in [0.3, 0.4) is 0 Å². The van der Waals surface area contributed by atoms with Gasteiger partial charge in [0.1, 0.15) is 5.82 Å². The topological polar surface area (TPSA) is 85.0 Å². The van der Waals surface area contributed by atoms with E-state index in [4.69, 9.17) is 4.52 Å². The van der Waals surface area contributed by atoms with Gasteiger partial charge in [-0.2, -0.15) is 0 Å². The quantitative estimate of drug-likeness (QED) is 0.900. The van der Waals surface area contributed by atoms with Gasteiger partial charge in [0.15, 0.2) is 0 Å². The van der Waals surface area contributed by atoms with E-state index >= 15 is 0 Å². The summed E-state index contributed by atoms with van der Waals surface area (Å²) in [4.78, 5) is 16.3. The van der Waals surface area contributed by atoms with Gasteiger partial charge in [0.05, 0.1) is 11.4 Å². The van der Waals surface area contributed by atoms with Crippen molar-refractivity contribution in [2.45, 2.75) is 39.2 Å². The third-order valence-electron chi connectivity index (χ3n) is 3.49. The summed E-state index contributed by atoms with van der Waals surface area (Å²) in [5, 5.41) is 9.08. The highest BCUT2D eigenvalue weighted by atomic mass is 16.5. The van der Waals surface area contributed by atoms with E-state index in [9.17, 15) is 4.79 Å². The van der Waals surface area contributed by atoms with Gasteiger partial charge in [-0.05, 0) is 19.8 Å². The number of aryl methyl sites for hydroxylation is 3. The Morgan fingerprint density at radius 1 is 1.48 bits per heavy atom. The molecule has 1 aliphatic rings. The summed E-state index contributed by atoms with van der Waals surface area (Å²) in [6.07, 6.45) is 6.31. The van der Waals surface area contributed by atoms with Crippen LogP contribution in [0.15, 0.2) is 16.8 Å². The first-order chi connectivity index (χ1) is 10.2. The van der Waals surface area contributed by atoms with Crippen molar-refractivity contribution in [1.29, 1.82) is 0 Å². The van der Waals surface area contributed by atoms with E-state index in [-0.39, 0.29) is 6.03 Å². The molecule has 1 aliphatic heterocycles. The summed E-state index contributed by atoms with van der Waals surface area (Å²) >= 11 is 0. The van der Waals surface area contributed by atoms with Crippen molar-refractivity contribution in [3.63, 3.8) is 0 Å². The van der Waals surface area contributed by atoms with E-state index in [1.54, 1.807) is 13.0 Å². The molecule has 0 aliphatic carbocycles. The molecule has 2 aromatic heterocycles. The predicted molar refractivity (Wildman–Crippen MR) is 77.1 cm³/mol. The number of nitrogens with zero attached hydrogens (tertiary/aromatic N) is 3. The molecule has 0 saturated heterocycles. The fourth-order valence-electron chi connectivity index (χ4n) is 2.47. The molecular weight excluding hydrogens is 270 g/mol. The van der Waals surface area contributed by atoms with Crippen molar-refractivity contribution in [1.82, 2.24) is 20.0 Å². The Hall–Kier alpha value is -2.31. The Labute approximate surface area is 122 Å². The number of fused-ring (bicyclic) bond motifs is 1. The number of hydrogen-bond acceptors (Lipinski definition) is 4. The molecule has 0 aromatic carbocycles. The highest BCUT2D eigenvalue weighted by Gasteiger charge is 2.12. The maximum absolute atomic E-state index is 11.7. The first kappa shape index (κ1) is 13.7. The van der Waals surface area contributed by atoms with E-state index in [1.165, 1.54) is 12.8 Å². The van der Waals surface area contributed by atoms with Crippen LogP contribution in [0.1, 0.15) is 30.1 Å². The van der Waals surface area contributed by atoms with Gasteiger partial charge in [-0.25, -0.2) is 9.78 Å². The van der Waals surface area contributed by atoms with Crippen LogP contribution in [-0.4, -0.2) is 27.3 Å². The first-order valence-electron chi connectivity index (χ1n) is 7.24. The first-order valence-corrected chi connectivity index (χ1v) is 7.24. The number of aromatic nitrogens is 3. The summed E-state index contributed by atoms with van der Waals surface area (Å²) in [5.74, 6) is 1.51. The molecular formula is C14H19N5O2. The number of carbonyl (C=O) groups is 1. The molecule has 0 spiro atoms. The SMILES string of the molecule is Cc1cc(NC(=O)NCCc2cn3c(n2)CCCC3)on1. The van der Waals surface area contributed by atoms with Crippen molar-refractivity contribution >= 4 is 11.9 Å². The number of urea groups is 1. The molecule has 21 heavy (non-hydrogen) atoms. The predicted octanol–water partition coefficient (Wildman–Crippen LogP) is 1.88. The molecule has 112 valence electrons. The highest BCUT2D eigenvalue weighted by Crippen LogP contribution is 2.14. The Balaban J connectivity index is 1.45. The number of rotatable bonds is 4. The molecule has 3 heterocycles. The van der Waals surface area contributed by atoms with Crippen molar-refractivity contribution in [2.24, 2.45) is 0 Å². The summed E-state index contributed by atoms with van der Waals surface area (Å²) in [5.41, 5.74) is 1.76. The lowest BCUT2D eigenvalue weighted by Gasteiger charge is -2.11. The smallest absolute Gasteiger partial charge is 0.321 e. The van der Waals surface area contributed by atoms with Crippen LogP contribution in [-0.2, 0) is 19.4 Å². The van der Waals surface area contributed by atoms with Crippen LogP contribution in [0.25, 0.3) is 0 Å². The summed E-state index contributed by atoms with van der Waals surface area (Å²) in [6.45, 7) is 3.39. The van der Waals surface area contributed by atoms with Gasteiger partial charge < -0.3 is 14.4 Å². The number of amides is 2. The second-order valence-corrected chi connectivity index (χ2v) is 5.26. The van der Waals surface area contributed by atoms with Crippen LogP contribution in [0.2, 0.25) is 0 Å². The molecule has 0 radical (unpaired) electrons. The largest absolute Gasteiger partial charge is 0.338 e. The Morgan fingerprint density at radius 3 is 3.14 bits per heavy atom. The zero-order chi connectivity index (χ0) is 14.7. The molecule has 2 aromatic rings. The van der Waals surface area contributed by atoms with Crippen LogP contribution < -0.4 is 10.6 Å². The molecule has 0 unspecified atom stereocenters. The van der Waals surface area contributed by atoms with Gasteiger partial charge in [-0.15, -0.1) is 0 Å². The number of nitrogens with one attached hydrogen (secondary N) is 2. The third-order valence-corrected chi connectivity index (χ3v) is 3.49. The van der Waals surface area contributed by atoms with E-state index in [0.717, 1.165) is 36.6 Å². The molecule has 0 saturated carbocycles. The van der Waals surface area contributed by atoms with E-state index < -0.39 is 0 Å². The maximum Gasteiger partial charge on any atom is 0.321 e. The lowest BCUT2D eigenvalue weighted by atomic mass is 10.2. The summed E-state index contributed by atoms with van der Waals surface area (Å²) < 4.78 is 7.14. The molecule has 2 amide bonds. The Kier molecular flexibility index (Phi) is 3.89. The average Bonchev–Trinajstić information content (AvgIpc) is 3.04. The molecule has 0 fully saturated rings. The minimum Gasteiger partial charge on any atom is -0.338 e. The van der Waals surface area contributed by atoms with Crippen molar-refractivity contribution in [2.75, 3.05) is 11.9 Å². The minimum absolute atomic E-state index is 0.296. The average molecular weight is 289 g/mol. The van der Waals surface area contributed by atoms with Crippen molar-refractivity contribution in [3.8, 4) is 0 Å². The minimum atomic E-state index is -0.296. The fraction of sp³-hybridized carbons (Fsp3) is 0.500. The number of hydrogen-bond donors (Lipinski definition) is 2. The van der Waals surface area contributed by atoms with Crippen LogP contribution in [0, 0.1) is 6.92 Å². The van der Waals surface area contributed by atoms with Gasteiger partial charge in [-0.1, -0.05) is 5.16 Å².